The molecule has 2 amide bonds. The SMILES string of the molecule is C=CCOc1cc(Cl)c(Cl)cc1C(NC(=O)OCC1c2ccccc2-c2ccccc21)C1CCN(C(=O)OC(C)(C)C)CC1. The third-order valence-electron chi connectivity index (χ3n) is 8.02. The summed E-state index contributed by atoms with van der Waals surface area (Å²) in [6.45, 7) is 10.7. The molecule has 44 heavy (non-hydrogen) atoms. The summed E-state index contributed by atoms with van der Waals surface area (Å²) in [5.74, 6) is 0.385. The molecule has 0 bridgehead atoms. The molecule has 1 heterocycles. The molecular formula is C35H38Cl2N2O5. The van der Waals surface area contributed by atoms with E-state index in [4.69, 9.17) is 37.4 Å². The molecule has 1 saturated heterocycles. The Bertz CT molecular complexity index is 1480. The van der Waals surface area contributed by atoms with Gasteiger partial charge in [0.1, 0.15) is 24.6 Å². The lowest BCUT2D eigenvalue weighted by Gasteiger charge is -2.37. The van der Waals surface area contributed by atoms with Gasteiger partial charge in [-0.25, -0.2) is 9.59 Å². The van der Waals surface area contributed by atoms with Crippen LogP contribution in [0.3, 0.4) is 0 Å². The second-order valence-corrected chi connectivity index (χ2v) is 13.0. The lowest BCUT2D eigenvalue weighted by atomic mass is 9.85. The smallest absolute Gasteiger partial charge is 0.410 e. The highest BCUT2D eigenvalue weighted by molar-refractivity contribution is 6.42. The lowest BCUT2D eigenvalue weighted by Crippen LogP contribution is -2.45. The molecule has 1 aliphatic heterocycles. The first-order valence-electron chi connectivity index (χ1n) is 14.9. The van der Waals surface area contributed by atoms with Gasteiger partial charge in [-0.05, 0) is 67.9 Å². The van der Waals surface area contributed by atoms with E-state index in [0.717, 1.165) is 22.3 Å². The molecule has 7 nitrogen and oxygen atoms in total. The summed E-state index contributed by atoms with van der Waals surface area (Å²) in [4.78, 5) is 28.0. The van der Waals surface area contributed by atoms with E-state index in [1.54, 1.807) is 23.1 Å². The first kappa shape index (κ1) is 31.7. The van der Waals surface area contributed by atoms with Gasteiger partial charge in [0.05, 0.1) is 16.1 Å². The molecule has 3 aromatic rings. The van der Waals surface area contributed by atoms with Crippen LogP contribution in [-0.2, 0) is 9.47 Å². The van der Waals surface area contributed by atoms with Crippen molar-refractivity contribution in [3.05, 3.63) is 100 Å². The van der Waals surface area contributed by atoms with E-state index in [9.17, 15) is 9.59 Å². The number of ether oxygens (including phenoxy) is 3. The molecule has 3 aromatic carbocycles. The Kier molecular flexibility index (Phi) is 9.76. The highest BCUT2D eigenvalue weighted by Gasteiger charge is 2.35. The average molecular weight is 638 g/mol. The van der Waals surface area contributed by atoms with Crippen molar-refractivity contribution in [2.75, 3.05) is 26.3 Å². The Morgan fingerprint density at radius 3 is 2.18 bits per heavy atom. The van der Waals surface area contributed by atoms with Crippen LogP contribution in [0, 0.1) is 5.92 Å². The minimum absolute atomic E-state index is 0.0440. The lowest BCUT2D eigenvalue weighted by molar-refractivity contribution is 0.0166. The molecule has 232 valence electrons. The van der Waals surface area contributed by atoms with Crippen LogP contribution in [0.4, 0.5) is 9.59 Å². The normalized spacial score (nSPS) is 15.6. The number of piperidine rings is 1. The van der Waals surface area contributed by atoms with E-state index in [2.05, 4.69) is 36.2 Å². The summed E-state index contributed by atoms with van der Waals surface area (Å²) in [6, 6.07) is 19.3. The number of rotatable bonds is 8. The van der Waals surface area contributed by atoms with Crippen molar-refractivity contribution in [1.82, 2.24) is 10.2 Å². The minimum atomic E-state index is -0.584. The fraction of sp³-hybridized carbons (Fsp3) is 0.371. The first-order chi connectivity index (χ1) is 21.1. The highest BCUT2D eigenvalue weighted by atomic mass is 35.5. The van der Waals surface area contributed by atoms with Crippen molar-refractivity contribution in [2.45, 2.75) is 51.2 Å². The van der Waals surface area contributed by atoms with Crippen LogP contribution in [0.1, 0.15) is 62.3 Å². The number of halogens is 2. The Labute approximate surface area is 269 Å². The van der Waals surface area contributed by atoms with Gasteiger partial charge in [0.25, 0.3) is 0 Å². The Morgan fingerprint density at radius 1 is 1.00 bits per heavy atom. The molecule has 0 aromatic heterocycles. The van der Waals surface area contributed by atoms with Crippen LogP contribution in [0.15, 0.2) is 73.3 Å². The highest BCUT2D eigenvalue weighted by Crippen LogP contribution is 2.45. The second kappa shape index (κ2) is 13.5. The average Bonchev–Trinajstić information content (AvgIpc) is 3.32. The summed E-state index contributed by atoms with van der Waals surface area (Å²) in [5, 5.41) is 3.80. The molecule has 1 unspecified atom stereocenters. The molecule has 0 saturated carbocycles. The van der Waals surface area contributed by atoms with E-state index < -0.39 is 17.7 Å². The summed E-state index contributed by atoms with van der Waals surface area (Å²) >= 11 is 12.9. The van der Waals surface area contributed by atoms with Crippen molar-refractivity contribution in [3.63, 3.8) is 0 Å². The Morgan fingerprint density at radius 2 is 1.59 bits per heavy atom. The van der Waals surface area contributed by atoms with Crippen LogP contribution in [0.25, 0.3) is 11.1 Å². The fourth-order valence-electron chi connectivity index (χ4n) is 6.02. The van der Waals surface area contributed by atoms with Crippen molar-refractivity contribution in [1.29, 1.82) is 0 Å². The van der Waals surface area contributed by atoms with E-state index in [0.29, 0.717) is 47.3 Å². The number of amides is 2. The van der Waals surface area contributed by atoms with Crippen molar-refractivity contribution >= 4 is 35.4 Å². The summed E-state index contributed by atoms with van der Waals surface area (Å²) in [5.41, 5.74) is 4.69. The van der Waals surface area contributed by atoms with Gasteiger partial charge in [-0.15, -0.1) is 0 Å². The van der Waals surface area contributed by atoms with Gasteiger partial charge in [-0.1, -0.05) is 84.4 Å². The monoisotopic (exact) mass is 636 g/mol. The van der Waals surface area contributed by atoms with E-state index >= 15 is 0 Å². The quantitative estimate of drug-likeness (QED) is 0.250. The van der Waals surface area contributed by atoms with Crippen LogP contribution in [-0.4, -0.2) is 49.0 Å². The van der Waals surface area contributed by atoms with Crippen LogP contribution < -0.4 is 10.1 Å². The van der Waals surface area contributed by atoms with E-state index in [1.807, 2.05) is 45.0 Å². The minimum Gasteiger partial charge on any atom is -0.489 e. The maximum Gasteiger partial charge on any atom is 0.410 e. The number of hydrogen-bond acceptors (Lipinski definition) is 5. The standard InChI is InChI=1S/C35H38Cl2N2O5/c1-5-18-42-31-20-30(37)29(36)19-27(31)32(22-14-16-39(17-15-22)34(41)44-35(2,3)4)38-33(40)43-21-28-25-12-8-6-10-23(25)24-11-7-9-13-26(24)28/h5-13,19-20,22,28,32H,1,14-18,21H2,2-4H3,(H,38,40). The summed E-state index contributed by atoms with van der Waals surface area (Å²) in [7, 11) is 0. The van der Waals surface area contributed by atoms with Gasteiger partial charge in [-0.2, -0.15) is 0 Å². The van der Waals surface area contributed by atoms with Gasteiger partial charge in [0.15, 0.2) is 0 Å². The Balaban J connectivity index is 1.36. The Hall–Kier alpha value is -3.68. The van der Waals surface area contributed by atoms with Gasteiger partial charge in [-0.3, -0.25) is 0 Å². The zero-order chi connectivity index (χ0) is 31.4. The van der Waals surface area contributed by atoms with Crippen molar-refractivity contribution in [3.8, 4) is 16.9 Å². The number of likely N-dealkylation sites (tertiary alicyclic amines) is 1. The zero-order valence-corrected chi connectivity index (χ0v) is 26.8. The zero-order valence-electron chi connectivity index (χ0n) is 25.3. The number of nitrogens with zero attached hydrogens (tertiary/aromatic N) is 1. The summed E-state index contributed by atoms with van der Waals surface area (Å²) in [6.07, 6.45) is 1.98. The maximum atomic E-state index is 13.5. The molecule has 9 heteroatoms. The molecule has 0 radical (unpaired) electrons. The predicted molar refractivity (Wildman–Crippen MR) is 174 cm³/mol. The molecule has 0 spiro atoms. The van der Waals surface area contributed by atoms with Crippen molar-refractivity contribution < 1.29 is 23.8 Å². The van der Waals surface area contributed by atoms with Gasteiger partial charge >= 0.3 is 12.2 Å². The van der Waals surface area contributed by atoms with Gasteiger partial charge in [0, 0.05) is 30.6 Å². The fourth-order valence-corrected chi connectivity index (χ4v) is 6.34. The molecule has 1 aliphatic carbocycles. The molecule has 1 atom stereocenters. The first-order valence-corrected chi connectivity index (χ1v) is 15.6. The van der Waals surface area contributed by atoms with E-state index in [-0.39, 0.29) is 31.1 Å². The van der Waals surface area contributed by atoms with Crippen LogP contribution >= 0.6 is 23.2 Å². The molecular weight excluding hydrogens is 599 g/mol. The van der Waals surface area contributed by atoms with Gasteiger partial charge < -0.3 is 24.4 Å². The molecule has 1 fully saturated rings. The number of alkyl carbamates (subject to hydrolysis) is 1. The number of carbonyl (C=O) groups excluding carboxylic acids is 2. The number of fused-ring (bicyclic) bond motifs is 3. The summed E-state index contributed by atoms with van der Waals surface area (Å²) < 4.78 is 17.5. The van der Waals surface area contributed by atoms with Crippen LogP contribution in [0.2, 0.25) is 10.0 Å². The van der Waals surface area contributed by atoms with E-state index in [1.165, 1.54) is 0 Å². The van der Waals surface area contributed by atoms with Crippen LogP contribution in [0.5, 0.6) is 5.75 Å². The molecule has 2 aliphatic rings. The topological polar surface area (TPSA) is 77.1 Å². The third-order valence-corrected chi connectivity index (χ3v) is 8.75. The number of hydrogen-bond donors (Lipinski definition) is 1. The second-order valence-electron chi connectivity index (χ2n) is 12.2. The molecule has 1 N–H and O–H groups in total. The number of benzene rings is 3. The number of nitrogens with one attached hydrogen (secondary N) is 1. The largest absolute Gasteiger partial charge is 0.489 e. The maximum absolute atomic E-state index is 13.5. The molecule has 5 rings (SSSR count). The predicted octanol–water partition coefficient (Wildman–Crippen LogP) is 8.79. The number of carbonyl (C=O) groups is 2. The third kappa shape index (κ3) is 7.16. The van der Waals surface area contributed by atoms with Gasteiger partial charge in [0.2, 0.25) is 0 Å². The van der Waals surface area contributed by atoms with Crippen molar-refractivity contribution in [2.24, 2.45) is 5.92 Å².